The number of fused-ring (bicyclic) bond motifs is 4. The van der Waals surface area contributed by atoms with Crippen LogP contribution in [0.4, 0.5) is 0 Å². The summed E-state index contributed by atoms with van der Waals surface area (Å²) in [5.41, 5.74) is 6.43. The topological polar surface area (TPSA) is 0 Å². The van der Waals surface area contributed by atoms with Crippen LogP contribution < -0.4 is 0 Å². The normalized spacial score (nSPS) is 37.8. The molecule has 0 heterocycles. The van der Waals surface area contributed by atoms with E-state index in [9.17, 15) is 0 Å². The second kappa shape index (κ2) is 3.84. The summed E-state index contributed by atoms with van der Waals surface area (Å²) in [5, 5.41) is 0. The molecule has 0 N–H and O–H groups in total. The third kappa shape index (κ3) is 1.27. The molecule has 0 radical (unpaired) electrons. The van der Waals surface area contributed by atoms with Gasteiger partial charge in [0.1, 0.15) is 0 Å². The van der Waals surface area contributed by atoms with E-state index in [-0.39, 0.29) is 15.7 Å². The van der Waals surface area contributed by atoms with E-state index in [0.29, 0.717) is 5.92 Å². The van der Waals surface area contributed by atoms with Crippen molar-refractivity contribution in [1.82, 2.24) is 0 Å². The summed E-state index contributed by atoms with van der Waals surface area (Å²) in [7, 11) is 0. The number of rotatable bonds is 0. The van der Waals surface area contributed by atoms with Crippen molar-refractivity contribution in [3.63, 3.8) is 0 Å². The summed E-state index contributed by atoms with van der Waals surface area (Å²) < 4.78 is 0. The van der Waals surface area contributed by atoms with Crippen molar-refractivity contribution in [2.24, 2.45) is 16.7 Å². The first-order valence-electron chi connectivity index (χ1n) is 7.53. The minimum absolute atomic E-state index is 0.136. The van der Waals surface area contributed by atoms with Gasteiger partial charge in [0.2, 0.25) is 0 Å². The highest BCUT2D eigenvalue weighted by molar-refractivity contribution is 6.30. The lowest BCUT2D eigenvalue weighted by atomic mass is 9.66. The number of benzene rings is 1. The molecule has 0 aromatic heterocycles. The Morgan fingerprint density at radius 3 is 2.30 bits per heavy atom. The highest BCUT2D eigenvalue weighted by Gasteiger charge is 2.71. The third-order valence-electron chi connectivity index (χ3n) is 6.54. The van der Waals surface area contributed by atoms with E-state index in [2.05, 4.69) is 38.1 Å². The van der Waals surface area contributed by atoms with Crippen LogP contribution in [0.25, 0.3) is 0 Å². The van der Waals surface area contributed by atoms with Crippen LogP contribution in [0.5, 0.6) is 0 Å². The van der Waals surface area contributed by atoms with Crippen molar-refractivity contribution in [2.45, 2.75) is 44.4 Å². The maximum absolute atomic E-state index is 7.11. The smallest absolute Gasteiger partial charge is 0.0726 e. The predicted octanol–water partition coefficient (Wildman–Crippen LogP) is 5.32. The number of alkyl halides is 1. The van der Waals surface area contributed by atoms with Gasteiger partial charge in [-0.25, -0.2) is 0 Å². The van der Waals surface area contributed by atoms with Crippen LogP contribution in [0.1, 0.15) is 37.8 Å². The number of hydrogen-bond donors (Lipinski definition) is 0. The fourth-order valence-corrected chi connectivity index (χ4v) is 6.55. The van der Waals surface area contributed by atoms with Crippen LogP contribution in [-0.2, 0) is 12.8 Å². The molecule has 2 fully saturated rings. The van der Waals surface area contributed by atoms with Crippen molar-refractivity contribution >= 4 is 23.2 Å². The van der Waals surface area contributed by atoms with Gasteiger partial charge in [0.25, 0.3) is 0 Å². The zero-order valence-corrected chi connectivity index (χ0v) is 13.6. The van der Waals surface area contributed by atoms with E-state index in [0.717, 1.165) is 19.3 Å². The van der Waals surface area contributed by atoms with E-state index in [1.54, 1.807) is 0 Å². The Bertz CT molecular complexity index is 589. The van der Waals surface area contributed by atoms with E-state index < -0.39 is 0 Å². The highest BCUT2D eigenvalue weighted by atomic mass is 35.5. The van der Waals surface area contributed by atoms with Crippen LogP contribution in [0.3, 0.4) is 0 Å². The standard InChI is InChI=1S/C18H20Cl2/c1-16(2)14-7-8-18(16,20)15(11-19)17(14)9-12-5-3-4-6-13(12)10-17/h3-6,11,14H,7-10H2,1-2H3/b15-11-. The molecule has 2 atom stereocenters. The Morgan fingerprint density at radius 1 is 1.15 bits per heavy atom. The molecular weight excluding hydrogens is 287 g/mol. The number of hydrogen-bond acceptors (Lipinski definition) is 0. The lowest BCUT2D eigenvalue weighted by Crippen LogP contribution is -2.34. The van der Waals surface area contributed by atoms with Crippen LogP contribution in [0.15, 0.2) is 35.4 Å². The molecule has 0 amide bonds. The van der Waals surface area contributed by atoms with Gasteiger partial charge in [0.05, 0.1) is 4.87 Å². The van der Waals surface area contributed by atoms with Gasteiger partial charge in [-0.3, -0.25) is 0 Å². The van der Waals surface area contributed by atoms with Crippen LogP contribution in [-0.4, -0.2) is 4.87 Å². The average Bonchev–Trinajstić information content (AvgIpc) is 2.91. The highest BCUT2D eigenvalue weighted by Crippen LogP contribution is 2.75. The molecule has 3 aliphatic rings. The molecule has 1 aromatic rings. The van der Waals surface area contributed by atoms with Crippen molar-refractivity contribution in [3.8, 4) is 0 Å². The van der Waals surface area contributed by atoms with Gasteiger partial charge < -0.3 is 0 Å². The van der Waals surface area contributed by atoms with Gasteiger partial charge in [-0.2, -0.15) is 0 Å². The first kappa shape index (κ1) is 13.2. The van der Waals surface area contributed by atoms with E-state index in [4.69, 9.17) is 23.2 Å². The fourth-order valence-electron chi connectivity index (χ4n) is 5.61. The SMILES string of the molecule is CC1(C)C2CCC1(Cl)/C(=C\Cl)C21Cc2ccccc2C1. The van der Waals surface area contributed by atoms with Gasteiger partial charge in [-0.15, -0.1) is 11.6 Å². The lowest BCUT2D eigenvalue weighted by Gasteiger charge is -2.38. The third-order valence-corrected chi connectivity index (χ3v) is 7.64. The maximum atomic E-state index is 7.11. The fraction of sp³-hybridized carbons (Fsp3) is 0.556. The van der Waals surface area contributed by atoms with Crippen molar-refractivity contribution in [1.29, 1.82) is 0 Å². The first-order valence-corrected chi connectivity index (χ1v) is 8.34. The molecule has 0 nitrogen and oxygen atoms in total. The molecule has 20 heavy (non-hydrogen) atoms. The van der Waals surface area contributed by atoms with Gasteiger partial charge in [0.15, 0.2) is 0 Å². The monoisotopic (exact) mass is 306 g/mol. The second-order valence-corrected chi connectivity index (χ2v) is 8.28. The first-order chi connectivity index (χ1) is 9.46. The van der Waals surface area contributed by atoms with Crippen LogP contribution >= 0.6 is 23.2 Å². The van der Waals surface area contributed by atoms with Crippen molar-refractivity contribution in [3.05, 3.63) is 46.5 Å². The van der Waals surface area contributed by atoms with Crippen molar-refractivity contribution < 1.29 is 0 Å². The summed E-state index contributed by atoms with van der Waals surface area (Å²) in [6.45, 7) is 4.69. The van der Waals surface area contributed by atoms with Gasteiger partial charge in [0, 0.05) is 11.0 Å². The molecule has 1 aromatic carbocycles. The minimum atomic E-state index is -0.235. The van der Waals surface area contributed by atoms with E-state index >= 15 is 0 Å². The van der Waals surface area contributed by atoms with Gasteiger partial charge in [-0.05, 0) is 53.7 Å². The molecule has 1 spiro atoms. The Hall–Kier alpha value is -0.460. The Labute approximate surface area is 131 Å². The number of allylic oxidation sites excluding steroid dienone is 1. The molecule has 2 saturated carbocycles. The molecule has 4 rings (SSSR count). The van der Waals surface area contributed by atoms with Crippen molar-refractivity contribution in [2.75, 3.05) is 0 Å². The zero-order valence-electron chi connectivity index (χ0n) is 12.0. The zero-order chi connectivity index (χ0) is 14.2. The molecule has 106 valence electrons. The Morgan fingerprint density at radius 2 is 1.75 bits per heavy atom. The van der Waals surface area contributed by atoms with Gasteiger partial charge in [-0.1, -0.05) is 49.7 Å². The van der Waals surface area contributed by atoms with Crippen LogP contribution in [0, 0.1) is 16.7 Å². The molecule has 3 aliphatic carbocycles. The Balaban J connectivity index is 1.89. The quantitative estimate of drug-likeness (QED) is 0.569. The average molecular weight is 307 g/mol. The summed E-state index contributed by atoms with van der Waals surface area (Å²) in [6.07, 6.45) is 4.54. The maximum Gasteiger partial charge on any atom is 0.0726 e. The lowest BCUT2D eigenvalue weighted by molar-refractivity contribution is 0.163. The Kier molecular flexibility index (Phi) is 2.54. The number of halogens is 2. The van der Waals surface area contributed by atoms with E-state index in [1.807, 2.05) is 5.54 Å². The minimum Gasteiger partial charge on any atom is -0.114 e. The molecule has 2 heteroatoms. The largest absolute Gasteiger partial charge is 0.114 e. The molecule has 0 aliphatic heterocycles. The van der Waals surface area contributed by atoms with E-state index in [1.165, 1.54) is 23.1 Å². The predicted molar refractivity (Wildman–Crippen MR) is 85.3 cm³/mol. The molecule has 2 bridgehead atoms. The molecule has 2 unspecified atom stereocenters. The summed E-state index contributed by atoms with van der Waals surface area (Å²) in [6, 6.07) is 8.85. The summed E-state index contributed by atoms with van der Waals surface area (Å²) in [4.78, 5) is -0.235. The second-order valence-electron chi connectivity index (χ2n) is 7.42. The van der Waals surface area contributed by atoms with Crippen LogP contribution in [0.2, 0.25) is 0 Å². The molecular formula is C18H20Cl2. The summed E-state index contributed by atoms with van der Waals surface area (Å²) in [5.74, 6) is 0.643. The summed E-state index contributed by atoms with van der Waals surface area (Å²) >= 11 is 13.4. The molecule has 0 saturated heterocycles. The van der Waals surface area contributed by atoms with Gasteiger partial charge >= 0.3 is 0 Å².